The third kappa shape index (κ3) is 5.53. The van der Waals surface area contributed by atoms with Crippen molar-refractivity contribution >= 4 is 16.1 Å². The normalized spacial score (nSPS) is 17.8. The molecule has 0 saturated heterocycles. The predicted octanol–water partition coefficient (Wildman–Crippen LogP) is 5.25. The summed E-state index contributed by atoms with van der Waals surface area (Å²) in [6, 6.07) is 15.8. The average molecular weight is 454 g/mol. The van der Waals surface area contributed by atoms with Crippen molar-refractivity contribution in [2.24, 2.45) is 0 Å². The number of hydrogen-bond donors (Lipinski definition) is 2. The summed E-state index contributed by atoms with van der Waals surface area (Å²) in [6.07, 6.45) is 6.22. The standard InChI is InChI=1S/C25H28FN3O2S/c1-18(20-9-3-2-4-10-20)29-32(30,31)15-14-24-23-13-6-5-11-21(25(23)28-27-24)16-19-8-7-12-22(26)17-19/h2-4,7-10,12,14-15,17-18,21,29H,5-6,11,13,16H2,1H3,(H,27,28)/b15-14+/t18-,21?/m1/s1. The van der Waals surface area contributed by atoms with Gasteiger partial charge in [-0.2, -0.15) is 5.10 Å². The molecule has 0 aliphatic heterocycles. The molecule has 4 rings (SSSR count). The van der Waals surface area contributed by atoms with E-state index < -0.39 is 10.0 Å². The first kappa shape index (κ1) is 22.4. The van der Waals surface area contributed by atoms with Crippen LogP contribution in [0.5, 0.6) is 0 Å². The Bertz CT molecular complexity index is 1190. The van der Waals surface area contributed by atoms with Crippen molar-refractivity contribution in [2.45, 2.75) is 51.0 Å². The van der Waals surface area contributed by atoms with E-state index in [-0.39, 0.29) is 17.8 Å². The van der Waals surface area contributed by atoms with Crippen molar-refractivity contribution in [3.63, 3.8) is 0 Å². The molecular weight excluding hydrogens is 425 g/mol. The molecule has 2 aromatic carbocycles. The van der Waals surface area contributed by atoms with Gasteiger partial charge in [-0.25, -0.2) is 17.5 Å². The predicted molar refractivity (Wildman–Crippen MR) is 125 cm³/mol. The summed E-state index contributed by atoms with van der Waals surface area (Å²) >= 11 is 0. The molecule has 0 spiro atoms. The van der Waals surface area contributed by atoms with Crippen LogP contribution in [-0.2, 0) is 22.9 Å². The number of aromatic amines is 1. The number of sulfonamides is 1. The van der Waals surface area contributed by atoms with Crippen LogP contribution in [0, 0.1) is 5.82 Å². The fourth-order valence-corrected chi connectivity index (χ4v) is 5.39. The van der Waals surface area contributed by atoms with Gasteiger partial charge >= 0.3 is 0 Å². The van der Waals surface area contributed by atoms with Gasteiger partial charge in [0.1, 0.15) is 5.82 Å². The van der Waals surface area contributed by atoms with Crippen molar-refractivity contribution in [1.82, 2.24) is 14.9 Å². The van der Waals surface area contributed by atoms with Crippen LogP contribution in [0.3, 0.4) is 0 Å². The molecule has 1 heterocycles. The van der Waals surface area contributed by atoms with Crippen molar-refractivity contribution in [2.75, 3.05) is 0 Å². The summed E-state index contributed by atoms with van der Waals surface area (Å²) in [4.78, 5) is 0. The second-order valence-corrected chi connectivity index (χ2v) is 9.97. The largest absolute Gasteiger partial charge is 0.281 e. The lowest BCUT2D eigenvalue weighted by Crippen LogP contribution is -2.24. The maximum Gasteiger partial charge on any atom is 0.234 e. The van der Waals surface area contributed by atoms with Gasteiger partial charge in [0.15, 0.2) is 0 Å². The van der Waals surface area contributed by atoms with Gasteiger partial charge in [0.25, 0.3) is 0 Å². The summed E-state index contributed by atoms with van der Waals surface area (Å²) in [7, 11) is -3.63. The monoisotopic (exact) mass is 453 g/mol. The Kier molecular flexibility index (Phi) is 6.86. The Morgan fingerprint density at radius 1 is 1.19 bits per heavy atom. The van der Waals surface area contributed by atoms with Crippen LogP contribution in [0.4, 0.5) is 4.39 Å². The van der Waals surface area contributed by atoms with Crippen molar-refractivity contribution in [3.8, 4) is 0 Å². The molecule has 168 valence electrons. The van der Waals surface area contributed by atoms with Crippen LogP contribution in [0.2, 0.25) is 0 Å². The SMILES string of the molecule is C[C@@H](NS(=O)(=O)/C=C/c1n[nH]c2c1CCCCC2Cc1cccc(F)c1)c1ccccc1. The first-order valence-corrected chi connectivity index (χ1v) is 12.5. The lowest BCUT2D eigenvalue weighted by atomic mass is 9.91. The highest BCUT2D eigenvalue weighted by atomic mass is 32.2. The molecule has 2 atom stereocenters. The number of fused-ring (bicyclic) bond motifs is 1. The molecule has 0 saturated carbocycles. The van der Waals surface area contributed by atoms with Gasteiger partial charge in [0, 0.05) is 28.6 Å². The summed E-state index contributed by atoms with van der Waals surface area (Å²) in [5.74, 6) is -0.0243. The Labute approximate surface area is 188 Å². The number of benzene rings is 2. The van der Waals surface area contributed by atoms with Gasteiger partial charge in [0.2, 0.25) is 10.0 Å². The third-order valence-corrected chi connectivity index (χ3v) is 7.16. The first-order chi connectivity index (χ1) is 15.4. The van der Waals surface area contributed by atoms with Crippen molar-refractivity contribution in [3.05, 3.63) is 93.9 Å². The van der Waals surface area contributed by atoms with E-state index in [1.807, 2.05) is 43.3 Å². The minimum atomic E-state index is -3.63. The van der Waals surface area contributed by atoms with Crippen LogP contribution in [-0.4, -0.2) is 18.6 Å². The Morgan fingerprint density at radius 2 is 2.00 bits per heavy atom. The molecule has 1 aromatic heterocycles. The van der Waals surface area contributed by atoms with Crippen LogP contribution in [0.25, 0.3) is 6.08 Å². The maximum absolute atomic E-state index is 13.6. The molecule has 3 aromatic rings. The first-order valence-electron chi connectivity index (χ1n) is 11.0. The zero-order chi connectivity index (χ0) is 22.6. The minimum Gasteiger partial charge on any atom is -0.281 e. The van der Waals surface area contributed by atoms with E-state index in [0.29, 0.717) is 5.69 Å². The molecule has 2 N–H and O–H groups in total. The molecule has 1 aliphatic rings. The highest BCUT2D eigenvalue weighted by Gasteiger charge is 2.24. The topological polar surface area (TPSA) is 74.8 Å². The van der Waals surface area contributed by atoms with Gasteiger partial charge in [-0.1, -0.05) is 48.9 Å². The molecule has 0 fully saturated rings. The molecule has 5 nitrogen and oxygen atoms in total. The summed E-state index contributed by atoms with van der Waals surface area (Å²) in [6.45, 7) is 1.82. The highest BCUT2D eigenvalue weighted by Crippen LogP contribution is 2.33. The fraction of sp³-hybridized carbons (Fsp3) is 0.320. The quantitative estimate of drug-likeness (QED) is 0.480. The van der Waals surface area contributed by atoms with Gasteiger partial charge in [0.05, 0.1) is 5.69 Å². The molecule has 0 radical (unpaired) electrons. The van der Waals surface area contributed by atoms with Gasteiger partial charge in [-0.05, 0) is 61.9 Å². The molecular formula is C25H28FN3O2S. The summed E-state index contributed by atoms with van der Waals surface area (Å²) in [5.41, 5.74) is 4.61. The molecule has 32 heavy (non-hydrogen) atoms. The van der Waals surface area contributed by atoms with E-state index in [1.54, 1.807) is 18.2 Å². The van der Waals surface area contributed by atoms with E-state index in [4.69, 9.17) is 0 Å². The van der Waals surface area contributed by atoms with Crippen LogP contribution < -0.4 is 4.72 Å². The van der Waals surface area contributed by atoms with Crippen LogP contribution in [0.15, 0.2) is 60.0 Å². The molecule has 7 heteroatoms. The second-order valence-electron chi connectivity index (χ2n) is 8.38. The fourth-order valence-electron chi connectivity index (χ4n) is 4.37. The lowest BCUT2D eigenvalue weighted by molar-refractivity contribution is 0.573. The molecule has 0 amide bonds. The lowest BCUT2D eigenvalue weighted by Gasteiger charge is -2.14. The van der Waals surface area contributed by atoms with Gasteiger partial charge in [-0.15, -0.1) is 0 Å². The Morgan fingerprint density at radius 3 is 2.78 bits per heavy atom. The zero-order valence-electron chi connectivity index (χ0n) is 18.1. The zero-order valence-corrected chi connectivity index (χ0v) is 18.9. The van der Waals surface area contributed by atoms with E-state index in [1.165, 1.54) is 11.5 Å². The number of nitrogens with zero attached hydrogens (tertiary/aromatic N) is 1. The summed E-state index contributed by atoms with van der Waals surface area (Å²) < 4.78 is 41.5. The summed E-state index contributed by atoms with van der Waals surface area (Å²) in [5, 5.41) is 8.74. The Hall–Kier alpha value is -2.77. The number of rotatable bonds is 7. The van der Waals surface area contributed by atoms with E-state index in [2.05, 4.69) is 14.9 Å². The van der Waals surface area contributed by atoms with Gasteiger partial charge < -0.3 is 0 Å². The number of aromatic nitrogens is 2. The average Bonchev–Trinajstić information content (AvgIpc) is 3.07. The van der Waals surface area contributed by atoms with Gasteiger partial charge in [-0.3, -0.25) is 5.10 Å². The molecule has 1 aliphatic carbocycles. The van der Waals surface area contributed by atoms with Crippen molar-refractivity contribution in [1.29, 1.82) is 0 Å². The van der Waals surface area contributed by atoms with E-state index in [9.17, 15) is 12.8 Å². The third-order valence-electron chi connectivity index (χ3n) is 5.99. The molecule has 1 unspecified atom stereocenters. The smallest absolute Gasteiger partial charge is 0.234 e. The molecule has 0 bridgehead atoms. The van der Waals surface area contributed by atoms with E-state index >= 15 is 0 Å². The van der Waals surface area contributed by atoms with Crippen molar-refractivity contribution < 1.29 is 12.8 Å². The number of hydrogen-bond acceptors (Lipinski definition) is 3. The van der Waals surface area contributed by atoms with Crippen LogP contribution >= 0.6 is 0 Å². The number of halogens is 1. The minimum absolute atomic E-state index is 0.205. The van der Waals surface area contributed by atoms with Crippen LogP contribution in [0.1, 0.15) is 66.2 Å². The highest BCUT2D eigenvalue weighted by molar-refractivity contribution is 7.92. The second kappa shape index (κ2) is 9.79. The maximum atomic E-state index is 13.6. The van der Waals surface area contributed by atoms with E-state index in [0.717, 1.165) is 54.5 Å². The number of H-pyrrole nitrogens is 1. The number of nitrogens with one attached hydrogen (secondary N) is 2. The Balaban J connectivity index is 1.51.